The molecule has 0 bridgehead atoms. The summed E-state index contributed by atoms with van der Waals surface area (Å²) in [4.78, 5) is 0. The van der Waals surface area contributed by atoms with Crippen LogP contribution in [-0.4, -0.2) is 13.7 Å². The third-order valence-corrected chi connectivity index (χ3v) is 1.89. The van der Waals surface area contributed by atoms with Crippen molar-refractivity contribution in [3.05, 3.63) is 12.2 Å². The third kappa shape index (κ3) is 1.83. The Morgan fingerprint density at radius 1 is 1.78 bits per heavy atom. The average molecular weight is 126 g/mol. The van der Waals surface area contributed by atoms with Gasteiger partial charge in [0.1, 0.15) is 0 Å². The molecule has 0 unspecified atom stereocenters. The van der Waals surface area contributed by atoms with Crippen LogP contribution in [0.2, 0.25) is 0 Å². The van der Waals surface area contributed by atoms with Crippen molar-refractivity contribution >= 4 is 0 Å². The van der Waals surface area contributed by atoms with Gasteiger partial charge in [-0.25, -0.2) is 0 Å². The molecule has 0 aliphatic heterocycles. The SMILES string of the molecule is C=C1CC[C@@H](COC)C1. The minimum absolute atomic E-state index is 0.766. The van der Waals surface area contributed by atoms with Gasteiger partial charge in [0.2, 0.25) is 0 Å². The number of allylic oxidation sites excluding steroid dienone is 1. The van der Waals surface area contributed by atoms with E-state index >= 15 is 0 Å². The van der Waals surface area contributed by atoms with Gasteiger partial charge in [-0.15, -0.1) is 0 Å². The molecule has 1 aliphatic carbocycles. The molecule has 0 aromatic rings. The molecular formula is C8H14O. The molecule has 1 rings (SSSR count). The summed E-state index contributed by atoms with van der Waals surface area (Å²) in [6.07, 6.45) is 3.69. The van der Waals surface area contributed by atoms with Crippen LogP contribution in [0.15, 0.2) is 12.2 Å². The molecule has 0 spiro atoms. The van der Waals surface area contributed by atoms with Gasteiger partial charge in [0.15, 0.2) is 0 Å². The Balaban J connectivity index is 2.22. The van der Waals surface area contributed by atoms with Crippen LogP contribution in [-0.2, 0) is 4.74 Å². The summed E-state index contributed by atoms with van der Waals surface area (Å²) in [7, 11) is 1.76. The Bertz CT molecular complexity index is 107. The number of rotatable bonds is 2. The number of hydrogen-bond acceptors (Lipinski definition) is 1. The lowest BCUT2D eigenvalue weighted by Gasteiger charge is -2.04. The van der Waals surface area contributed by atoms with Crippen molar-refractivity contribution in [3.8, 4) is 0 Å². The van der Waals surface area contributed by atoms with Crippen LogP contribution in [0.4, 0.5) is 0 Å². The molecular weight excluding hydrogens is 112 g/mol. The Morgan fingerprint density at radius 2 is 2.56 bits per heavy atom. The molecule has 9 heavy (non-hydrogen) atoms. The monoisotopic (exact) mass is 126 g/mol. The summed E-state index contributed by atoms with van der Waals surface area (Å²) in [5.41, 5.74) is 1.40. The molecule has 0 aromatic heterocycles. The highest BCUT2D eigenvalue weighted by Gasteiger charge is 2.16. The van der Waals surface area contributed by atoms with Crippen LogP contribution >= 0.6 is 0 Å². The molecule has 1 heteroatoms. The van der Waals surface area contributed by atoms with Crippen molar-refractivity contribution in [2.45, 2.75) is 19.3 Å². The van der Waals surface area contributed by atoms with Crippen LogP contribution in [0.5, 0.6) is 0 Å². The van der Waals surface area contributed by atoms with Crippen LogP contribution in [0.1, 0.15) is 19.3 Å². The van der Waals surface area contributed by atoms with Crippen molar-refractivity contribution in [1.29, 1.82) is 0 Å². The predicted octanol–water partition coefficient (Wildman–Crippen LogP) is 1.99. The van der Waals surface area contributed by atoms with Gasteiger partial charge in [-0.2, -0.15) is 0 Å². The Hall–Kier alpha value is -0.300. The second kappa shape index (κ2) is 3.02. The zero-order valence-corrected chi connectivity index (χ0v) is 6.02. The molecule has 1 nitrogen and oxygen atoms in total. The molecule has 0 aromatic carbocycles. The topological polar surface area (TPSA) is 9.23 Å². The van der Waals surface area contributed by atoms with E-state index in [4.69, 9.17) is 4.74 Å². The van der Waals surface area contributed by atoms with E-state index in [1.54, 1.807) is 7.11 Å². The van der Waals surface area contributed by atoms with Gasteiger partial charge in [-0.3, -0.25) is 0 Å². The zero-order valence-electron chi connectivity index (χ0n) is 6.02. The summed E-state index contributed by atoms with van der Waals surface area (Å²) in [6.45, 7) is 4.85. The van der Waals surface area contributed by atoms with Crippen LogP contribution in [0.25, 0.3) is 0 Å². The van der Waals surface area contributed by atoms with Crippen molar-refractivity contribution < 1.29 is 4.74 Å². The maximum Gasteiger partial charge on any atom is 0.0493 e. The summed E-state index contributed by atoms with van der Waals surface area (Å²) in [5.74, 6) is 0.766. The van der Waals surface area contributed by atoms with Gasteiger partial charge in [0.05, 0.1) is 0 Å². The highest BCUT2D eigenvalue weighted by Crippen LogP contribution is 2.28. The quantitative estimate of drug-likeness (QED) is 0.514. The van der Waals surface area contributed by atoms with Crippen LogP contribution < -0.4 is 0 Å². The molecule has 0 saturated heterocycles. The molecule has 0 heterocycles. The first-order valence-corrected chi connectivity index (χ1v) is 3.48. The van der Waals surface area contributed by atoms with Crippen molar-refractivity contribution in [3.63, 3.8) is 0 Å². The summed E-state index contributed by atoms with van der Waals surface area (Å²) < 4.78 is 5.03. The fourth-order valence-corrected chi connectivity index (χ4v) is 1.40. The second-order valence-corrected chi connectivity index (χ2v) is 2.81. The summed E-state index contributed by atoms with van der Waals surface area (Å²) >= 11 is 0. The van der Waals surface area contributed by atoms with Crippen LogP contribution in [0, 0.1) is 5.92 Å². The molecule has 0 radical (unpaired) electrons. The lowest BCUT2D eigenvalue weighted by molar-refractivity contribution is 0.156. The highest BCUT2D eigenvalue weighted by atomic mass is 16.5. The maximum absolute atomic E-state index is 5.03. The number of hydrogen-bond donors (Lipinski definition) is 0. The van der Waals surface area contributed by atoms with E-state index < -0.39 is 0 Å². The summed E-state index contributed by atoms with van der Waals surface area (Å²) in [6, 6.07) is 0. The van der Waals surface area contributed by atoms with E-state index in [0.717, 1.165) is 12.5 Å². The molecule has 0 N–H and O–H groups in total. The van der Waals surface area contributed by atoms with Crippen molar-refractivity contribution in [2.75, 3.05) is 13.7 Å². The van der Waals surface area contributed by atoms with Gasteiger partial charge in [-0.05, 0) is 25.2 Å². The highest BCUT2D eigenvalue weighted by molar-refractivity contribution is 5.01. The lowest BCUT2D eigenvalue weighted by atomic mass is 10.1. The van der Waals surface area contributed by atoms with E-state index in [0.29, 0.717) is 0 Å². The van der Waals surface area contributed by atoms with Gasteiger partial charge in [0.25, 0.3) is 0 Å². The number of methoxy groups -OCH3 is 1. The van der Waals surface area contributed by atoms with E-state index in [2.05, 4.69) is 6.58 Å². The zero-order chi connectivity index (χ0) is 6.69. The molecule has 52 valence electrons. The van der Waals surface area contributed by atoms with Gasteiger partial charge in [0, 0.05) is 13.7 Å². The maximum atomic E-state index is 5.03. The minimum atomic E-state index is 0.766. The van der Waals surface area contributed by atoms with E-state index in [9.17, 15) is 0 Å². The number of ether oxygens (including phenoxy) is 1. The first-order chi connectivity index (χ1) is 4.33. The lowest BCUT2D eigenvalue weighted by Crippen LogP contribution is -2.01. The Labute approximate surface area is 56.7 Å². The Kier molecular flexibility index (Phi) is 2.29. The first kappa shape index (κ1) is 6.81. The smallest absolute Gasteiger partial charge is 0.0493 e. The average Bonchev–Trinajstić information content (AvgIpc) is 2.17. The fourth-order valence-electron chi connectivity index (χ4n) is 1.40. The van der Waals surface area contributed by atoms with Gasteiger partial charge in [-0.1, -0.05) is 12.2 Å². The Morgan fingerprint density at radius 3 is 3.00 bits per heavy atom. The minimum Gasteiger partial charge on any atom is -0.384 e. The normalized spacial score (nSPS) is 27.2. The van der Waals surface area contributed by atoms with E-state index in [-0.39, 0.29) is 0 Å². The molecule has 1 fully saturated rings. The van der Waals surface area contributed by atoms with Crippen LogP contribution in [0.3, 0.4) is 0 Å². The van der Waals surface area contributed by atoms with Crippen molar-refractivity contribution in [1.82, 2.24) is 0 Å². The molecule has 1 saturated carbocycles. The largest absolute Gasteiger partial charge is 0.384 e. The first-order valence-electron chi connectivity index (χ1n) is 3.48. The third-order valence-electron chi connectivity index (χ3n) is 1.89. The summed E-state index contributed by atoms with van der Waals surface area (Å²) in [5, 5.41) is 0. The van der Waals surface area contributed by atoms with Gasteiger partial charge >= 0.3 is 0 Å². The molecule has 1 aliphatic rings. The van der Waals surface area contributed by atoms with E-state index in [1.807, 2.05) is 0 Å². The van der Waals surface area contributed by atoms with Crippen molar-refractivity contribution in [2.24, 2.45) is 5.92 Å². The molecule has 1 atom stereocenters. The molecule has 0 amide bonds. The fraction of sp³-hybridized carbons (Fsp3) is 0.750. The van der Waals surface area contributed by atoms with Gasteiger partial charge < -0.3 is 4.74 Å². The standard InChI is InChI=1S/C8H14O/c1-7-3-4-8(5-7)6-9-2/h8H,1,3-6H2,2H3/t8-/m1/s1. The predicted molar refractivity (Wildman–Crippen MR) is 38.4 cm³/mol. The van der Waals surface area contributed by atoms with E-state index in [1.165, 1.54) is 24.8 Å². The second-order valence-electron chi connectivity index (χ2n) is 2.81.